The summed E-state index contributed by atoms with van der Waals surface area (Å²) in [6.45, 7) is 1.50. The summed E-state index contributed by atoms with van der Waals surface area (Å²) in [5.41, 5.74) is 1.09. The molecule has 22 heavy (non-hydrogen) atoms. The first kappa shape index (κ1) is 16.6. The Morgan fingerprint density at radius 1 is 1.41 bits per heavy atom. The lowest BCUT2D eigenvalue weighted by molar-refractivity contribution is 0.132. The maximum atomic E-state index is 12.3. The zero-order valence-electron chi connectivity index (χ0n) is 13.3. The number of hydrogen-bond acceptors (Lipinski definition) is 3. The molecule has 1 fully saturated rings. The van der Waals surface area contributed by atoms with E-state index in [0.29, 0.717) is 13.0 Å². The van der Waals surface area contributed by atoms with E-state index in [1.807, 2.05) is 29.2 Å². The Kier molecular flexibility index (Phi) is 6.52. The second-order valence-electron chi connectivity index (χ2n) is 5.65. The van der Waals surface area contributed by atoms with E-state index in [0.717, 1.165) is 43.5 Å². The molecule has 0 saturated carbocycles. The molecule has 0 radical (unpaired) electrons. The van der Waals surface area contributed by atoms with Crippen LogP contribution in [0.2, 0.25) is 0 Å². The number of ether oxygens (including phenoxy) is 1. The molecule has 1 heterocycles. The Balaban J connectivity index is 1.84. The molecule has 1 aromatic carbocycles. The maximum Gasteiger partial charge on any atom is 0.317 e. The summed E-state index contributed by atoms with van der Waals surface area (Å²) in [6.07, 6.45) is 4.58. The molecule has 5 nitrogen and oxygen atoms in total. The Labute approximate surface area is 132 Å². The van der Waals surface area contributed by atoms with Crippen LogP contribution in [0.5, 0.6) is 5.75 Å². The molecule has 1 saturated heterocycles. The molecule has 1 atom stereocenters. The number of para-hydroxylation sites is 1. The number of carbonyl (C=O) groups is 1. The number of urea groups is 1. The Morgan fingerprint density at radius 3 is 3.00 bits per heavy atom. The smallest absolute Gasteiger partial charge is 0.317 e. The summed E-state index contributed by atoms with van der Waals surface area (Å²) in [5.74, 6) is 0.855. The zero-order chi connectivity index (χ0) is 15.8. The van der Waals surface area contributed by atoms with Crippen molar-refractivity contribution < 1.29 is 14.6 Å². The first-order valence-corrected chi connectivity index (χ1v) is 8.03. The van der Waals surface area contributed by atoms with E-state index in [9.17, 15) is 4.79 Å². The molecule has 2 rings (SSSR count). The quantitative estimate of drug-likeness (QED) is 0.847. The van der Waals surface area contributed by atoms with Crippen LogP contribution in [0, 0.1) is 0 Å². The van der Waals surface area contributed by atoms with Gasteiger partial charge in [-0.25, -0.2) is 4.79 Å². The van der Waals surface area contributed by atoms with Crippen molar-refractivity contribution in [3.8, 4) is 5.75 Å². The fourth-order valence-corrected chi connectivity index (χ4v) is 3.03. The van der Waals surface area contributed by atoms with E-state index in [1.165, 1.54) is 0 Å². The lowest BCUT2D eigenvalue weighted by Gasteiger charge is -2.35. The van der Waals surface area contributed by atoms with Crippen molar-refractivity contribution in [3.63, 3.8) is 0 Å². The summed E-state index contributed by atoms with van der Waals surface area (Å²) >= 11 is 0. The van der Waals surface area contributed by atoms with Gasteiger partial charge in [0.05, 0.1) is 7.11 Å². The van der Waals surface area contributed by atoms with Crippen LogP contribution in [0.3, 0.4) is 0 Å². The van der Waals surface area contributed by atoms with Crippen LogP contribution in [0.4, 0.5) is 4.79 Å². The molecule has 122 valence electrons. The van der Waals surface area contributed by atoms with E-state index in [-0.39, 0.29) is 18.7 Å². The fraction of sp³-hybridized carbons (Fsp3) is 0.588. The minimum Gasteiger partial charge on any atom is -0.496 e. The highest BCUT2D eigenvalue weighted by molar-refractivity contribution is 5.74. The second-order valence-corrected chi connectivity index (χ2v) is 5.65. The third-order valence-corrected chi connectivity index (χ3v) is 4.21. The SMILES string of the molecule is COc1ccccc1CCNC(=O)N1CCCCC1CCO. The summed E-state index contributed by atoms with van der Waals surface area (Å²) in [6, 6.07) is 8.01. The lowest BCUT2D eigenvalue weighted by atomic mass is 10.0. The molecular weight excluding hydrogens is 280 g/mol. The molecule has 1 aromatic rings. The highest BCUT2D eigenvalue weighted by Crippen LogP contribution is 2.20. The molecule has 5 heteroatoms. The van der Waals surface area contributed by atoms with Gasteiger partial charge in [-0.2, -0.15) is 0 Å². The van der Waals surface area contributed by atoms with E-state index < -0.39 is 0 Å². The maximum absolute atomic E-state index is 12.3. The number of amides is 2. The molecule has 1 aliphatic heterocycles. The fourth-order valence-electron chi connectivity index (χ4n) is 3.03. The van der Waals surface area contributed by atoms with Gasteiger partial charge < -0.3 is 20.1 Å². The van der Waals surface area contributed by atoms with Crippen LogP contribution < -0.4 is 10.1 Å². The standard InChI is InChI=1S/C17H26N2O3/c1-22-16-8-3-2-6-14(16)9-11-18-17(21)19-12-5-4-7-15(19)10-13-20/h2-3,6,8,15,20H,4-5,7,9-13H2,1H3,(H,18,21). The number of aliphatic hydroxyl groups excluding tert-OH is 1. The number of piperidine rings is 1. The number of methoxy groups -OCH3 is 1. The minimum absolute atomic E-state index is 0.0203. The third kappa shape index (κ3) is 4.37. The van der Waals surface area contributed by atoms with Gasteiger partial charge in [-0.1, -0.05) is 18.2 Å². The van der Waals surface area contributed by atoms with Crippen LogP contribution >= 0.6 is 0 Å². The van der Waals surface area contributed by atoms with E-state index in [2.05, 4.69) is 5.32 Å². The normalized spacial score (nSPS) is 18.1. The zero-order valence-corrected chi connectivity index (χ0v) is 13.3. The molecule has 0 aliphatic carbocycles. The van der Waals surface area contributed by atoms with E-state index in [4.69, 9.17) is 9.84 Å². The van der Waals surface area contributed by atoms with Crippen molar-refractivity contribution in [1.82, 2.24) is 10.2 Å². The Bertz CT molecular complexity index is 477. The average molecular weight is 306 g/mol. The monoisotopic (exact) mass is 306 g/mol. The minimum atomic E-state index is -0.0203. The largest absolute Gasteiger partial charge is 0.496 e. The second kappa shape index (κ2) is 8.63. The van der Waals surface area contributed by atoms with Crippen LogP contribution in [0.25, 0.3) is 0 Å². The van der Waals surface area contributed by atoms with Crippen LogP contribution in [0.1, 0.15) is 31.2 Å². The van der Waals surface area contributed by atoms with Gasteiger partial charge in [0.15, 0.2) is 0 Å². The van der Waals surface area contributed by atoms with Gasteiger partial charge in [0.2, 0.25) is 0 Å². The topological polar surface area (TPSA) is 61.8 Å². The Morgan fingerprint density at radius 2 is 2.23 bits per heavy atom. The van der Waals surface area contributed by atoms with Gasteiger partial charge in [-0.05, 0) is 43.7 Å². The average Bonchev–Trinajstić information content (AvgIpc) is 2.56. The number of aliphatic hydroxyl groups is 1. The third-order valence-electron chi connectivity index (χ3n) is 4.21. The molecule has 1 unspecified atom stereocenters. The number of nitrogens with zero attached hydrogens (tertiary/aromatic N) is 1. The van der Waals surface area contributed by atoms with E-state index >= 15 is 0 Å². The van der Waals surface area contributed by atoms with Gasteiger partial charge in [0, 0.05) is 25.7 Å². The molecule has 2 amide bonds. The molecule has 1 aliphatic rings. The van der Waals surface area contributed by atoms with Gasteiger partial charge in [0.1, 0.15) is 5.75 Å². The van der Waals surface area contributed by atoms with Crippen molar-refractivity contribution >= 4 is 6.03 Å². The summed E-state index contributed by atoms with van der Waals surface area (Å²) < 4.78 is 5.32. The summed E-state index contributed by atoms with van der Waals surface area (Å²) in [5, 5.41) is 12.1. The number of hydrogen-bond donors (Lipinski definition) is 2. The van der Waals surface area contributed by atoms with Crippen LogP contribution in [-0.4, -0.2) is 48.9 Å². The molecule has 0 spiro atoms. The molecular formula is C17H26N2O3. The number of nitrogens with one attached hydrogen (secondary N) is 1. The molecule has 0 aromatic heterocycles. The lowest BCUT2D eigenvalue weighted by Crippen LogP contribution is -2.49. The van der Waals surface area contributed by atoms with Gasteiger partial charge in [-0.15, -0.1) is 0 Å². The highest BCUT2D eigenvalue weighted by Gasteiger charge is 2.25. The summed E-state index contributed by atoms with van der Waals surface area (Å²) in [7, 11) is 1.66. The van der Waals surface area contributed by atoms with Crippen molar-refractivity contribution in [3.05, 3.63) is 29.8 Å². The predicted molar refractivity (Wildman–Crippen MR) is 86.1 cm³/mol. The summed E-state index contributed by atoms with van der Waals surface area (Å²) in [4.78, 5) is 14.2. The van der Waals surface area contributed by atoms with Crippen LogP contribution in [-0.2, 0) is 6.42 Å². The Hall–Kier alpha value is -1.75. The van der Waals surface area contributed by atoms with Crippen molar-refractivity contribution in [2.75, 3.05) is 26.8 Å². The van der Waals surface area contributed by atoms with Crippen molar-refractivity contribution in [2.24, 2.45) is 0 Å². The predicted octanol–water partition coefficient (Wildman–Crippen LogP) is 2.18. The van der Waals surface area contributed by atoms with Gasteiger partial charge in [-0.3, -0.25) is 0 Å². The first-order valence-electron chi connectivity index (χ1n) is 8.03. The first-order chi connectivity index (χ1) is 10.8. The molecule has 2 N–H and O–H groups in total. The highest BCUT2D eigenvalue weighted by atomic mass is 16.5. The van der Waals surface area contributed by atoms with Crippen LogP contribution in [0.15, 0.2) is 24.3 Å². The number of carbonyl (C=O) groups excluding carboxylic acids is 1. The van der Waals surface area contributed by atoms with Crippen molar-refractivity contribution in [2.45, 2.75) is 38.1 Å². The van der Waals surface area contributed by atoms with Crippen molar-refractivity contribution in [1.29, 1.82) is 0 Å². The van der Waals surface area contributed by atoms with Gasteiger partial charge >= 0.3 is 6.03 Å². The number of benzene rings is 1. The number of likely N-dealkylation sites (tertiary alicyclic amines) is 1. The number of rotatable bonds is 6. The molecule has 0 bridgehead atoms. The van der Waals surface area contributed by atoms with E-state index in [1.54, 1.807) is 7.11 Å². The van der Waals surface area contributed by atoms with Gasteiger partial charge in [0.25, 0.3) is 0 Å².